The highest BCUT2D eigenvalue weighted by Gasteiger charge is 2.30. The second-order valence-corrected chi connectivity index (χ2v) is 29.1. The lowest BCUT2D eigenvalue weighted by Crippen LogP contribution is -2.30. The van der Waals surface area contributed by atoms with E-state index in [2.05, 4.69) is 192 Å². The number of esters is 4. The molecule has 0 aliphatic rings. The van der Waals surface area contributed by atoms with E-state index in [9.17, 15) is 43.2 Å². The zero-order chi connectivity index (χ0) is 78.9. The van der Waals surface area contributed by atoms with Crippen LogP contribution in [0.5, 0.6) is 0 Å². The van der Waals surface area contributed by atoms with Crippen molar-refractivity contribution < 1.29 is 80.2 Å². The van der Waals surface area contributed by atoms with Gasteiger partial charge < -0.3 is 33.8 Å². The Bertz CT molecular complexity index is 2810. The number of aliphatic hydroxyl groups excluding tert-OH is 1. The van der Waals surface area contributed by atoms with Gasteiger partial charge >= 0.3 is 39.5 Å². The van der Waals surface area contributed by atoms with Gasteiger partial charge in [0, 0.05) is 25.7 Å². The van der Waals surface area contributed by atoms with Crippen molar-refractivity contribution in [3.05, 3.63) is 194 Å². The summed E-state index contributed by atoms with van der Waals surface area (Å²) in [5, 5.41) is 10.7. The number of carbonyl (C=O) groups is 4. The summed E-state index contributed by atoms with van der Waals surface area (Å²) in [7, 11) is -10.0. The third kappa shape index (κ3) is 78.0. The molecular formula is C89H142O17P2. The minimum absolute atomic E-state index is 0.00749. The maximum Gasteiger partial charge on any atom is 0.472 e. The number of hydrogen-bond acceptors (Lipinski definition) is 15. The number of rotatable bonds is 74. The Labute approximate surface area is 653 Å². The molecule has 19 heteroatoms. The van der Waals surface area contributed by atoms with Gasteiger partial charge in [0.25, 0.3) is 0 Å². The van der Waals surface area contributed by atoms with E-state index in [1.807, 2.05) is 30.4 Å². The third-order valence-corrected chi connectivity index (χ3v) is 18.0. The average molecular weight is 1550 g/mol. The number of allylic oxidation sites excluding steroid dienone is 32. The zero-order valence-corrected chi connectivity index (χ0v) is 68.5. The third-order valence-electron chi connectivity index (χ3n) is 16.1. The Morgan fingerprint density at radius 1 is 0.269 bits per heavy atom. The molecule has 0 aliphatic carbocycles. The van der Waals surface area contributed by atoms with Crippen molar-refractivity contribution in [1.29, 1.82) is 0 Å². The largest absolute Gasteiger partial charge is 0.472 e. The Morgan fingerprint density at radius 3 is 0.833 bits per heavy atom. The molecular weight excluding hydrogens is 1400 g/mol. The lowest BCUT2D eigenvalue weighted by molar-refractivity contribution is -0.161. The number of ether oxygens (including phenoxy) is 4. The molecule has 0 bridgehead atoms. The van der Waals surface area contributed by atoms with Gasteiger partial charge in [-0.15, -0.1) is 0 Å². The van der Waals surface area contributed by atoms with Crippen molar-refractivity contribution >= 4 is 39.5 Å². The van der Waals surface area contributed by atoms with Gasteiger partial charge in [0.2, 0.25) is 0 Å². The van der Waals surface area contributed by atoms with Gasteiger partial charge in [-0.3, -0.25) is 37.3 Å². The Balaban J connectivity index is 5.52. The first-order valence-corrected chi connectivity index (χ1v) is 43.7. The SMILES string of the molecule is CC/C=C\C/C=C\C/C=C\C/C=C\C/C=C\C/C=C\CCC(=O)OCC(COP(=O)(O)OCC(O)COP(=O)(O)OCC(COC(=O)CCCCC/C=C\C/C=C\C/C=C\C/C=C\C/C=C\CC)OC(=O)CCCCCCCCCCCCCCC)OC(=O)CCC/C=C\C/C=C\C/C=C\C/C=C\C/C=C\CC. The van der Waals surface area contributed by atoms with Crippen molar-refractivity contribution in [3.63, 3.8) is 0 Å². The van der Waals surface area contributed by atoms with Crippen LogP contribution in [0.2, 0.25) is 0 Å². The number of hydrogen-bond donors (Lipinski definition) is 3. The van der Waals surface area contributed by atoms with Crippen LogP contribution in [-0.2, 0) is 65.4 Å². The molecule has 0 saturated heterocycles. The highest BCUT2D eigenvalue weighted by molar-refractivity contribution is 7.47. The number of phosphoric acid groups is 2. The molecule has 610 valence electrons. The molecule has 108 heavy (non-hydrogen) atoms. The normalized spacial score (nSPS) is 14.8. The molecule has 5 atom stereocenters. The molecule has 0 aliphatic heterocycles. The van der Waals surface area contributed by atoms with Crippen LogP contribution >= 0.6 is 15.6 Å². The minimum atomic E-state index is -5.02. The number of phosphoric ester groups is 2. The molecule has 0 aromatic rings. The van der Waals surface area contributed by atoms with E-state index < -0.39 is 97.5 Å². The van der Waals surface area contributed by atoms with Crippen LogP contribution in [0.15, 0.2) is 194 Å². The molecule has 17 nitrogen and oxygen atoms in total. The van der Waals surface area contributed by atoms with Crippen LogP contribution in [0.25, 0.3) is 0 Å². The smallest absolute Gasteiger partial charge is 0.462 e. The van der Waals surface area contributed by atoms with E-state index >= 15 is 0 Å². The number of unbranched alkanes of at least 4 members (excludes halogenated alkanes) is 16. The molecule has 0 fully saturated rings. The van der Waals surface area contributed by atoms with Gasteiger partial charge in [-0.1, -0.05) is 306 Å². The monoisotopic (exact) mass is 1540 g/mol. The highest BCUT2D eigenvalue weighted by atomic mass is 31.2. The first-order valence-electron chi connectivity index (χ1n) is 40.7. The fourth-order valence-electron chi connectivity index (χ4n) is 10.0. The summed E-state index contributed by atoms with van der Waals surface area (Å²) in [6, 6.07) is 0. The van der Waals surface area contributed by atoms with Gasteiger partial charge in [-0.05, 0) is 148 Å². The summed E-state index contributed by atoms with van der Waals surface area (Å²) in [4.78, 5) is 73.1. The molecule has 0 spiro atoms. The number of carbonyl (C=O) groups excluding carboxylic acids is 4. The summed E-state index contributed by atoms with van der Waals surface area (Å²) in [6.07, 6.45) is 97.2. The first kappa shape index (κ1) is 102. The topological polar surface area (TPSA) is 237 Å². The predicted octanol–water partition coefficient (Wildman–Crippen LogP) is 24.1. The molecule has 0 heterocycles. The second kappa shape index (κ2) is 79.0. The predicted molar refractivity (Wildman–Crippen MR) is 445 cm³/mol. The average Bonchev–Trinajstić information content (AvgIpc) is 0.886. The van der Waals surface area contributed by atoms with Gasteiger partial charge in [0.15, 0.2) is 12.2 Å². The van der Waals surface area contributed by atoms with E-state index in [0.717, 1.165) is 141 Å². The van der Waals surface area contributed by atoms with E-state index in [-0.39, 0.29) is 25.7 Å². The van der Waals surface area contributed by atoms with Crippen molar-refractivity contribution in [2.24, 2.45) is 0 Å². The van der Waals surface area contributed by atoms with E-state index in [0.29, 0.717) is 38.5 Å². The molecule has 0 radical (unpaired) electrons. The second-order valence-electron chi connectivity index (χ2n) is 26.2. The Morgan fingerprint density at radius 2 is 0.509 bits per heavy atom. The van der Waals surface area contributed by atoms with Gasteiger partial charge in [0.1, 0.15) is 19.3 Å². The van der Waals surface area contributed by atoms with Gasteiger partial charge in [0.05, 0.1) is 26.4 Å². The standard InChI is InChI=1S/C89H142O17P2/c1-5-9-13-17-21-25-29-33-36-39-41-44-46-50-53-57-61-65-69-73-86(91)99-79-84(105-88(93)75-71-67-63-59-55-49-32-28-24-20-16-12-8-4)81-103-107(95,96)101-77-83(90)78-102-108(97,98)104-82-85(106-89(94)76-72-68-64-60-56-52-48-43-38-35-31-27-23-19-15-11-7-3)80-100-87(92)74-70-66-62-58-54-51-47-45-42-40-37-34-30-26-22-18-14-10-6-2/h9-11,13-15,21-23,25-27,33-38,41-42,44-45,48,50-54,60,62,64,66,83-85,90H,5-8,12,16-20,24,28-32,39-40,43,46-47,49,55-59,61,63,65,67-82H2,1-4H3,(H,95,96)(H,97,98)/b13-9-,14-10-,15-11-,25-21-,26-22-,27-23-,36-33-,37-34-,38-35-,44-41-,45-42-,52-48-,53-50-,54-51-,64-60-,66-62-. The molecule has 5 unspecified atom stereocenters. The first-order chi connectivity index (χ1) is 52.7. The van der Waals surface area contributed by atoms with Crippen molar-refractivity contribution in [1.82, 2.24) is 0 Å². The molecule has 0 aromatic carbocycles. The zero-order valence-electron chi connectivity index (χ0n) is 66.7. The van der Waals surface area contributed by atoms with E-state index in [4.69, 9.17) is 37.0 Å². The van der Waals surface area contributed by atoms with Crippen LogP contribution in [0, 0.1) is 0 Å². The van der Waals surface area contributed by atoms with Gasteiger partial charge in [-0.25, -0.2) is 9.13 Å². The van der Waals surface area contributed by atoms with Crippen LogP contribution in [0.1, 0.15) is 285 Å². The maximum absolute atomic E-state index is 13.1. The quantitative estimate of drug-likeness (QED) is 0.0169. The van der Waals surface area contributed by atoms with Crippen LogP contribution < -0.4 is 0 Å². The van der Waals surface area contributed by atoms with Crippen LogP contribution in [0.3, 0.4) is 0 Å². The lowest BCUT2D eigenvalue weighted by atomic mass is 10.0. The fourth-order valence-corrected chi connectivity index (χ4v) is 11.6. The summed E-state index contributed by atoms with van der Waals surface area (Å²) < 4.78 is 68.5. The maximum atomic E-state index is 13.1. The van der Waals surface area contributed by atoms with Crippen molar-refractivity contribution in [2.75, 3.05) is 39.6 Å². The molecule has 3 N–H and O–H groups in total. The molecule has 0 rings (SSSR count). The van der Waals surface area contributed by atoms with E-state index in [1.165, 1.54) is 51.4 Å². The summed E-state index contributed by atoms with van der Waals surface area (Å²) in [5.74, 6) is -2.39. The molecule has 0 saturated carbocycles. The minimum Gasteiger partial charge on any atom is -0.462 e. The van der Waals surface area contributed by atoms with Crippen molar-refractivity contribution in [2.45, 2.75) is 303 Å². The van der Waals surface area contributed by atoms with Gasteiger partial charge in [-0.2, -0.15) is 0 Å². The lowest BCUT2D eigenvalue weighted by Gasteiger charge is -2.21. The fraction of sp³-hybridized carbons (Fsp3) is 0.596. The molecule has 0 amide bonds. The summed E-state index contributed by atoms with van der Waals surface area (Å²) in [6.45, 7) is 4.33. The molecule has 0 aromatic heterocycles. The Hall–Kier alpha value is -6.10. The van der Waals surface area contributed by atoms with Crippen molar-refractivity contribution in [3.8, 4) is 0 Å². The number of aliphatic hydroxyl groups is 1. The van der Waals surface area contributed by atoms with Crippen LogP contribution in [0.4, 0.5) is 0 Å². The Kier molecular flexibility index (Phi) is 74.5. The summed E-state index contributed by atoms with van der Waals surface area (Å²) >= 11 is 0. The van der Waals surface area contributed by atoms with Crippen LogP contribution in [-0.4, -0.2) is 96.7 Å². The van der Waals surface area contributed by atoms with E-state index in [1.54, 1.807) is 0 Å². The highest BCUT2D eigenvalue weighted by Crippen LogP contribution is 2.45. The summed E-state index contributed by atoms with van der Waals surface area (Å²) in [5.41, 5.74) is 0.